The lowest BCUT2D eigenvalue weighted by atomic mass is 10.0. The predicted octanol–water partition coefficient (Wildman–Crippen LogP) is 6.73. The number of hydrogen-bond acceptors (Lipinski definition) is 4. The summed E-state index contributed by atoms with van der Waals surface area (Å²) in [6.45, 7) is 3.70. The summed E-state index contributed by atoms with van der Waals surface area (Å²) in [6, 6.07) is 24.7. The van der Waals surface area contributed by atoms with Crippen LogP contribution in [0.3, 0.4) is 0 Å². The molecule has 5 aromatic rings. The highest BCUT2D eigenvalue weighted by Crippen LogP contribution is 2.36. The van der Waals surface area contributed by atoms with E-state index in [2.05, 4.69) is 67.3 Å². The fourth-order valence-corrected chi connectivity index (χ4v) is 4.68. The maximum atomic E-state index is 13.2. The fraction of sp³-hybridized carbons (Fsp3) is 0.267. The monoisotopic (exact) mass is 465 g/mol. The number of aryl methyl sites for hydroxylation is 1. The van der Waals surface area contributed by atoms with Crippen LogP contribution in [0.1, 0.15) is 31.7 Å². The summed E-state index contributed by atoms with van der Waals surface area (Å²) < 4.78 is 8.16. The second-order valence-electron chi connectivity index (χ2n) is 9.39. The summed E-state index contributed by atoms with van der Waals surface area (Å²) in [5, 5.41) is 0.947. The minimum Gasteiger partial charge on any atom is -0.452 e. The van der Waals surface area contributed by atoms with Gasteiger partial charge in [0.15, 0.2) is 5.58 Å². The molecule has 0 aliphatic carbocycles. The Labute approximate surface area is 205 Å². The van der Waals surface area contributed by atoms with Crippen LogP contribution in [0.2, 0.25) is 0 Å². The summed E-state index contributed by atoms with van der Waals surface area (Å²) in [5.74, 6) is 0. The van der Waals surface area contributed by atoms with Crippen molar-refractivity contribution in [3.05, 3.63) is 88.8 Å². The Morgan fingerprint density at radius 3 is 2.34 bits per heavy atom. The van der Waals surface area contributed by atoms with E-state index in [-0.39, 0.29) is 5.69 Å². The third-order valence-electron chi connectivity index (χ3n) is 6.40. The minimum atomic E-state index is -0.228. The van der Waals surface area contributed by atoms with Gasteiger partial charge in [0.25, 0.3) is 0 Å². The van der Waals surface area contributed by atoms with Gasteiger partial charge in [0.2, 0.25) is 0 Å². The van der Waals surface area contributed by atoms with E-state index >= 15 is 0 Å². The van der Waals surface area contributed by atoms with Gasteiger partial charge in [0.1, 0.15) is 16.8 Å². The van der Waals surface area contributed by atoms with Crippen molar-refractivity contribution in [1.29, 1.82) is 0 Å². The molecular formula is C30H31N3O2. The standard InChI is InChI=1S/C30H31N3O2/c1-4-5-9-18-33-28-25-19-24(22-14-12-21(13-15-22)20-32(2)3)16-17-26(25)35-29(28)27(31-30(33)34)23-10-7-6-8-11-23/h6-8,10-17,19H,4-5,9,18,20H2,1-3H3. The lowest BCUT2D eigenvalue weighted by molar-refractivity contribution is 0.402. The van der Waals surface area contributed by atoms with Crippen molar-refractivity contribution in [2.45, 2.75) is 39.3 Å². The van der Waals surface area contributed by atoms with Gasteiger partial charge in [-0.3, -0.25) is 4.57 Å². The molecule has 0 atom stereocenters. The molecule has 35 heavy (non-hydrogen) atoms. The number of furan rings is 1. The molecule has 5 heteroatoms. The van der Waals surface area contributed by atoms with E-state index in [4.69, 9.17) is 4.42 Å². The minimum absolute atomic E-state index is 0.228. The van der Waals surface area contributed by atoms with Gasteiger partial charge in [-0.15, -0.1) is 0 Å². The van der Waals surface area contributed by atoms with Crippen molar-refractivity contribution >= 4 is 22.1 Å². The highest BCUT2D eigenvalue weighted by atomic mass is 16.3. The van der Waals surface area contributed by atoms with Crippen LogP contribution in [0.5, 0.6) is 0 Å². The topological polar surface area (TPSA) is 51.3 Å². The molecular weight excluding hydrogens is 434 g/mol. The van der Waals surface area contributed by atoms with Gasteiger partial charge in [0.05, 0.1) is 0 Å². The average Bonchev–Trinajstić information content (AvgIpc) is 3.24. The number of benzene rings is 3. The molecule has 2 heterocycles. The van der Waals surface area contributed by atoms with E-state index in [0.717, 1.165) is 59.0 Å². The number of aromatic nitrogens is 2. The van der Waals surface area contributed by atoms with Gasteiger partial charge >= 0.3 is 5.69 Å². The highest BCUT2D eigenvalue weighted by Gasteiger charge is 2.20. The molecule has 0 aliphatic heterocycles. The quantitative estimate of drug-likeness (QED) is 0.239. The van der Waals surface area contributed by atoms with Gasteiger partial charge in [-0.2, -0.15) is 4.98 Å². The van der Waals surface area contributed by atoms with Crippen LogP contribution in [0, 0.1) is 0 Å². The Morgan fingerprint density at radius 2 is 1.63 bits per heavy atom. The summed E-state index contributed by atoms with van der Waals surface area (Å²) in [5.41, 5.74) is 7.03. The number of hydrogen-bond donors (Lipinski definition) is 0. The zero-order valence-corrected chi connectivity index (χ0v) is 20.6. The summed E-state index contributed by atoms with van der Waals surface area (Å²) in [6.07, 6.45) is 3.08. The van der Waals surface area contributed by atoms with E-state index in [1.807, 2.05) is 36.4 Å². The van der Waals surface area contributed by atoms with Crippen LogP contribution in [-0.2, 0) is 13.1 Å². The van der Waals surface area contributed by atoms with Gasteiger partial charge in [-0.1, -0.05) is 80.4 Å². The molecule has 178 valence electrons. The van der Waals surface area contributed by atoms with E-state index in [1.54, 1.807) is 4.57 Å². The predicted molar refractivity (Wildman–Crippen MR) is 144 cm³/mol. The molecule has 0 saturated heterocycles. The van der Waals surface area contributed by atoms with E-state index < -0.39 is 0 Å². The zero-order chi connectivity index (χ0) is 24.4. The maximum Gasteiger partial charge on any atom is 0.348 e. The van der Waals surface area contributed by atoms with Crippen molar-refractivity contribution in [2.24, 2.45) is 0 Å². The second-order valence-corrected chi connectivity index (χ2v) is 9.39. The van der Waals surface area contributed by atoms with Gasteiger partial charge in [-0.25, -0.2) is 4.79 Å². The van der Waals surface area contributed by atoms with Crippen molar-refractivity contribution in [1.82, 2.24) is 14.5 Å². The third kappa shape index (κ3) is 4.64. The molecule has 2 aromatic heterocycles. The molecule has 5 rings (SSSR count). The Bertz CT molecular complexity index is 1510. The first-order chi connectivity index (χ1) is 17.0. The second kappa shape index (κ2) is 9.88. The molecule has 5 nitrogen and oxygen atoms in total. The van der Waals surface area contributed by atoms with E-state index in [9.17, 15) is 4.79 Å². The molecule has 0 saturated carbocycles. The van der Waals surface area contributed by atoms with Gasteiger partial charge in [-0.05, 0) is 49.3 Å². The smallest absolute Gasteiger partial charge is 0.348 e. The molecule has 0 radical (unpaired) electrons. The van der Waals surface area contributed by atoms with Crippen LogP contribution in [0.15, 0.2) is 82.0 Å². The van der Waals surface area contributed by atoms with Crippen LogP contribution in [-0.4, -0.2) is 28.5 Å². The maximum absolute atomic E-state index is 13.2. The Morgan fingerprint density at radius 1 is 0.886 bits per heavy atom. The summed E-state index contributed by atoms with van der Waals surface area (Å²) in [7, 11) is 4.15. The van der Waals surface area contributed by atoms with E-state index in [1.165, 1.54) is 5.56 Å². The SMILES string of the molecule is CCCCCn1c(=O)nc(-c2ccccc2)c2oc3ccc(-c4ccc(CN(C)C)cc4)cc3c21. The third-order valence-corrected chi connectivity index (χ3v) is 6.40. The van der Waals surface area contributed by atoms with Crippen molar-refractivity contribution in [3.8, 4) is 22.4 Å². The lowest BCUT2D eigenvalue weighted by Gasteiger charge is -2.11. The molecule has 0 amide bonds. The van der Waals surface area contributed by atoms with Gasteiger partial charge < -0.3 is 9.32 Å². The highest BCUT2D eigenvalue weighted by molar-refractivity contribution is 6.07. The normalized spacial score (nSPS) is 11.7. The van der Waals surface area contributed by atoms with E-state index in [0.29, 0.717) is 17.8 Å². The van der Waals surface area contributed by atoms with Crippen LogP contribution in [0.4, 0.5) is 0 Å². The Kier molecular flexibility index (Phi) is 6.51. The number of unbranched alkanes of at least 4 members (excludes halogenated alkanes) is 2. The van der Waals surface area contributed by atoms with Crippen molar-refractivity contribution in [2.75, 3.05) is 14.1 Å². The zero-order valence-electron chi connectivity index (χ0n) is 20.6. The van der Waals surface area contributed by atoms with Crippen molar-refractivity contribution in [3.63, 3.8) is 0 Å². The lowest BCUT2D eigenvalue weighted by Crippen LogP contribution is -2.23. The number of rotatable bonds is 8. The van der Waals surface area contributed by atoms with Crippen LogP contribution >= 0.6 is 0 Å². The Hall–Kier alpha value is -3.70. The molecule has 0 aliphatic rings. The molecule has 0 spiro atoms. The fourth-order valence-electron chi connectivity index (χ4n) is 4.68. The van der Waals surface area contributed by atoms with Crippen LogP contribution < -0.4 is 5.69 Å². The van der Waals surface area contributed by atoms with Gasteiger partial charge in [0, 0.05) is 24.0 Å². The Balaban J connectivity index is 1.69. The summed E-state index contributed by atoms with van der Waals surface area (Å²) >= 11 is 0. The number of fused-ring (bicyclic) bond motifs is 3. The first-order valence-electron chi connectivity index (χ1n) is 12.3. The molecule has 0 bridgehead atoms. The molecule has 0 fully saturated rings. The summed E-state index contributed by atoms with van der Waals surface area (Å²) in [4.78, 5) is 19.9. The average molecular weight is 466 g/mol. The number of nitrogens with zero attached hydrogens (tertiary/aromatic N) is 3. The molecule has 0 N–H and O–H groups in total. The first kappa shape index (κ1) is 23.1. The molecule has 0 unspecified atom stereocenters. The van der Waals surface area contributed by atoms with Crippen LogP contribution in [0.25, 0.3) is 44.5 Å². The first-order valence-corrected chi connectivity index (χ1v) is 12.3. The van der Waals surface area contributed by atoms with Crippen molar-refractivity contribution < 1.29 is 4.42 Å². The molecule has 3 aromatic carbocycles. The largest absolute Gasteiger partial charge is 0.452 e.